The standard InChI is InChI=1S/C25H28N6O3.ClH/c1-14-10-17(4-7-27-14)25-28-22(24(26)33)23(34-25)19-12-20-18(15(2)29-30(20)3)11-21(19)31-8-5-16(13-32)6-9-31;/h4,7,10-12,16,32H,5-6,8-9,13H2,1-3H3,(H2,26,33);1H. The van der Waals surface area contributed by atoms with Gasteiger partial charge in [0.25, 0.3) is 5.91 Å². The molecule has 3 N–H and O–H groups in total. The molecule has 1 fully saturated rings. The van der Waals surface area contributed by atoms with Crippen molar-refractivity contribution < 1.29 is 14.3 Å². The highest BCUT2D eigenvalue weighted by molar-refractivity contribution is 6.01. The van der Waals surface area contributed by atoms with E-state index in [1.165, 1.54) is 0 Å². The van der Waals surface area contributed by atoms with Crippen molar-refractivity contribution in [3.05, 3.63) is 47.5 Å². The number of primary amides is 1. The van der Waals surface area contributed by atoms with Crippen LogP contribution in [0, 0.1) is 19.8 Å². The minimum atomic E-state index is -0.651. The number of anilines is 1. The number of carbonyl (C=O) groups is 1. The number of amides is 1. The number of benzene rings is 1. The Morgan fingerprint density at radius 2 is 1.97 bits per heavy atom. The highest BCUT2D eigenvalue weighted by Crippen LogP contribution is 2.40. The first-order chi connectivity index (χ1) is 16.4. The Bertz CT molecular complexity index is 1390. The van der Waals surface area contributed by atoms with Gasteiger partial charge in [-0.05, 0) is 56.9 Å². The van der Waals surface area contributed by atoms with Gasteiger partial charge in [0.05, 0.1) is 11.2 Å². The van der Waals surface area contributed by atoms with Crippen LogP contribution in [-0.2, 0) is 7.05 Å². The normalized spacial score (nSPS) is 14.3. The van der Waals surface area contributed by atoms with Crippen LogP contribution in [0.4, 0.5) is 5.69 Å². The Morgan fingerprint density at radius 1 is 1.23 bits per heavy atom. The molecule has 0 atom stereocenters. The van der Waals surface area contributed by atoms with Crippen LogP contribution in [0.1, 0.15) is 34.7 Å². The molecule has 184 valence electrons. The molecule has 0 bridgehead atoms. The van der Waals surface area contributed by atoms with E-state index in [-0.39, 0.29) is 24.7 Å². The molecule has 35 heavy (non-hydrogen) atoms. The molecule has 0 saturated carbocycles. The summed E-state index contributed by atoms with van der Waals surface area (Å²) in [4.78, 5) is 23.4. The lowest BCUT2D eigenvalue weighted by Gasteiger charge is -2.34. The molecule has 9 nitrogen and oxygen atoms in total. The Labute approximate surface area is 209 Å². The van der Waals surface area contributed by atoms with Gasteiger partial charge in [0.1, 0.15) is 0 Å². The van der Waals surface area contributed by atoms with Crippen LogP contribution in [0.15, 0.2) is 34.9 Å². The fourth-order valence-electron chi connectivity index (χ4n) is 4.74. The number of nitrogens with zero attached hydrogens (tertiary/aromatic N) is 5. The third-order valence-corrected chi connectivity index (χ3v) is 6.61. The molecule has 0 radical (unpaired) electrons. The predicted octanol–water partition coefficient (Wildman–Crippen LogP) is 3.64. The van der Waals surface area contributed by atoms with E-state index in [0.717, 1.165) is 65.0 Å². The highest BCUT2D eigenvalue weighted by Gasteiger charge is 2.28. The quantitative estimate of drug-likeness (QED) is 0.432. The fraction of sp³-hybridized carbons (Fsp3) is 0.360. The van der Waals surface area contributed by atoms with Crippen molar-refractivity contribution in [1.29, 1.82) is 0 Å². The average molecular weight is 497 g/mol. The van der Waals surface area contributed by atoms with Crippen molar-refractivity contribution in [2.75, 3.05) is 24.6 Å². The number of carbonyl (C=O) groups excluding carboxylic acids is 1. The first-order valence-electron chi connectivity index (χ1n) is 11.4. The summed E-state index contributed by atoms with van der Waals surface area (Å²) >= 11 is 0. The molecule has 3 aromatic heterocycles. The molecule has 1 aliphatic rings. The van der Waals surface area contributed by atoms with Crippen LogP contribution in [-0.4, -0.2) is 50.5 Å². The third-order valence-electron chi connectivity index (χ3n) is 6.61. The molecule has 5 rings (SSSR count). The summed E-state index contributed by atoms with van der Waals surface area (Å²) < 4.78 is 8.06. The van der Waals surface area contributed by atoms with Gasteiger partial charge in [-0.1, -0.05) is 0 Å². The van der Waals surface area contributed by atoms with Gasteiger partial charge >= 0.3 is 0 Å². The second kappa shape index (κ2) is 9.67. The first kappa shape index (κ1) is 24.7. The average Bonchev–Trinajstić information content (AvgIpc) is 3.40. The van der Waals surface area contributed by atoms with Crippen LogP contribution in [0.25, 0.3) is 33.7 Å². The summed E-state index contributed by atoms with van der Waals surface area (Å²) in [7, 11) is 1.89. The number of hydrogen-bond acceptors (Lipinski definition) is 7. The van der Waals surface area contributed by atoms with E-state index < -0.39 is 5.91 Å². The number of fused-ring (bicyclic) bond motifs is 1. The Kier molecular flexibility index (Phi) is 6.82. The van der Waals surface area contributed by atoms with Gasteiger partial charge in [-0.25, -0.2) is 4.98 Å². The number of rotatable bonds is 5. The summed E-state index contributed by atoms with van der Waals surface area (Å²) in [5, 5.41) is 15.2. The van der Waals surface area contributed by atoms with Crippen LogP contribution < -0.4 is 10.6 Å². The largest absolute Gasteiger partial charge is 0.435 e. The van der Waals surface area contributed by atoms with E-state index in [4.69, 9.17) is 10.2 Å². The van der Waals surface area contributed by atoms with Gasteiger partial charge in [-0.15, -0.1) is 12.4 Å². The fourth-order valence-corrected chi connectivity index (χ4v) is 4.74. The zero-order chi connectivity index (χ0) is 24.0. The highest BCUT2D eigenvalue weighted by atomic mass is 35.5. The smallest absolute Gasteiger partial charge is 0.271 e. The zero-order valence-electron chi connectivity index (χ0n) is 20.0. The zero-order valence-corrected chi connectivity index (χ0v) is 20.8. The molecular formula is C25H29ClN6O3. The van der Waals surface area contributed by atoms with E-state index >= 15 is 0 Å². The summed E-state index contributed by atoms with van der Waals surface area (Å²) in [5.74, 6) is 0.316. The first-order valence-corrected chi connectivity index (χ1v) is 11.4. The number of aliphatic hydroxyl groups excluding tert-OH is 1. The van der Waals surface area contributed by atoms with Crippen molar-refractivity contribution in [2.45, 2.75) is 26.7 Å². The van der Waals surface area contributed by atoms with E-state index in [1.54, 1.807) is 12.3 Å². The number of pyridine rings is 1. The lowest BCUT2D eigenvalue weighted by molar-refractivity contribution is 0.0996. The number of aryl methyl sites for hydroxylation is 3. The van der Waals surface area contributed by atoms with Crippen molar-refractivity contribution in [3.63, 3.8) is 0 Å². The second-order valence-electron chi connectivity index (χ2n) is 8.96. The number of aromatic nitrogens is 4. The molecule has 1 aliphatic heterocycles. The maximum Gasteiger partial charge on any atom is 0.271 e. The van der Waals surface area contributed by atoms with Crippen LogP contribution in [0.3, 0.4) is 0 Å². The number of hydrogen-bond donors (Lipinski definition) is 2. The summed E-state index contributed by atoms with van der Waals surface area (Å²) in [6.07, 6.45) is 3.46. The number of halogens is 1. The molecule has 0 spiro atoms. The monoisotopic (exact) mass is 496 g/mol. The predicted molar refractivity (Wildman–Crippen MR) is 137 cm³/mol. The molecule has 1 amide bonds. The number of oxazole rings is 1. The van der Waals surface area contributed by atoms with E-state index in [1.807, 2.05) is 37.7 Å². The third kappa shape index (κ3) is 4.49. The summed E-state index contributed by atoms with van der Waals surface area (Å²) in [6, 6.07) is 7.75. The number of aliphatic hydroxyl groups is 1. The van der Waals surface area contributed by atoms with Crippen LogP contribution in [0.5, 0.6) is 0 Å². The van der Waals surface area contributed by atoms with Gasteiger partial charge in [-0.2, -0.15) is 5.10 Å². The number of nitrogens with two attached hydrogens (primary N) is 1. The Hall–Kier alpha value is -3.43. The Morgan fingerprint density at radius 3 is 2.63 bits per heavy atom. The van der Waals surface area contributed by atoms with Gasteiger partial charge in [0, 0.05) is 60.8 Å². The second-order valence-corrected chi connectivity index (χ2v) is 8.96. The minimum Gasteiger partial charge on any atom is -0.435 e. The van der Waals surface area contributed by atoms with E-state index in [0.29, 0.717) is 17.6 Å². The molecule has 0 unspecified atom stereocenters. The number of piperidine rings is 1. The van der Waals surface area contributed by atoms with Gasteiger partial charge < -0.3 is 20.2 Å². The molecule has 1 saturated heterocycles. The maximum absolute atomic E-state index is 12.4. The molecule has 4 heterocycles. The SMILES string of the molecule is Cc1cc(-c2nc(C(N)=O)c(-c3cc4c(cc3N3CCC(CO)CC3)c(C)nn4C)o2)ccn1.Cl. The molecule has 0 aliphatic carbocycles. The Balaban J connectivity index is 0.00000289. The summed E-state index contributed by atoms with van der Waals surface area (Å²) in [6.45, 7) is 5.65. The molecular weight excluding hydrogens is 468 g/mol. The summed E-state index contributed by atoms with van der Waals surface area (Å²) in [5.41, 5.74) is 10.9. The van der Waals surface area contributed by atoms with Gasteiger partial charge in [0.2, 0.25) is 5.89 Å². The van der Waals surface area contributed by atoms with Gasteiger partial charge in [0.15, 0.2) is 11.5 Å². The van der Waals surface area contributed by atoms with Crippen molar-refractivity contribution in [2.24, 2.45) is 18.7 Å². The van der Waals surface area contributed by atoms with E-state index in [9.17, 15) is 9.90 Å². The van der Waals surface area contributed by atoms with Gasteiger partial charge in [-0.3, -0.25) is 14.5 Å². The van der Waals surface area contributed by atoms with Crippen LogP contribution >= 0.6 is 12.4 Å². The van der Waals surface area contributed by atoms with Crippen LogP contribution in [0.2, 0.25) is 0 Å². The minimum absolute atomic E-state index is 0. The topological polar surface area (TPSA) is 123 Å². The lowest BCUT2D eigenvalue weighted by Crippen LogP contribution is -2.35. The molecule has 1 aromatic carbocycles. The van der Waals surface area contributed by atoms with E-state index in [2.05, 4.69) is 26.0 Å². The molecule has 4 aromatic rings. The lowest BCUT2D eigenvalue weighted by atomic mass is 9.96. The molecule has 10 heteroatoms. The van der Waals surface area contributed by atoms with Crippen molar-refractivity contribution in [3.8, 4) is 22.8 Å². The van der Waals surface area contributed by atoms with Crippen molar-refractivity contribution >= 4 is 34.9 Å². The maximum atomic E-state index is 12.4. The van der Waals surface area contributed by atoms with Crippen molar-refractivity contribution in [1.82, 2.24) is 19.7 Å².